The van der Waals surface area contributed by atoms with Gasteiger partial charge in [0.15, 0.2) is 5.11 Å². The van der Waals surface area contributed by atoms with Gasteiger partial charge in [0.2, 0.25) is 0 Å². The van der Waals surface area contributed by atoms with Crippen LogP contribution in [0.5, 0.6) is 5.75 Å². The van der Waals surface area contributed by atoms with Gasteiger partial charge in [0.1, 0.15) is 5.75 Å². The Morgan fingerprint density at radius 2 is 2.06 bits per heavy atom. The number of hydrogen-bond acceptors (Lipinski definition) is 3. The summed E-state index contributed by atoms with van der Waals surface area (Å²) in [5.41, 5.74) is 0.479. The van der Waals surface area contributed by atoms with Crippen LogP contribution >= 0.6 is 12.2 Å². The van der Waals surface area contributed by atoms with Crippen LogP contribution in [-0.4, -0.2) is 23.7 Å². The molecule has 0 unspecified atom stereocenters. The highest BCUT2D eigenvalue weighted by Gasteiger charge is 2.13. The van der Waals surface area contributed by atoms with E-state index in [9.17, 15) is 4.79 Å². The molecule has 1 aromatic carbocycles. The van der Waals surface area contributed by atoms with E-state index in [0.717, 1.165) is 0 Å². The number of ether oxygens (including phenoxy) is 1. The quantitative estimate of drug-likeness (QED) is 0.819. The smallest absolute Gasteiger partial charge is 0.261 e. The van der Waals surface area contributed by atoms with Gasteiger partial charge in [0.05, 0.1) is 12.2 Å². The highest BCUT2D eigenvalue weighted by atomic mass is 32.1. The average Bonchev–Trinajstić information content (AvgIpc) is 2.28. The fourth-order valence-electron chi connectivity index (χ4n) is 1.40. The lowest BCUT2D eigenvalue weighted by atomic mass is 10.2. The van der Waals surface area contributed by atoms with E-state index in [4.69, 9.17) is 17.0 Å². The molecule has 0 aliphatic heterocycles. The number of nitrogens with one attached hydrogen (secondary N) is 2. The van der Waals surface area contributed by atoms with E-state index in [1.165, 1.54) is 0 Å². The number of para-hydroxylation sites is 1. The summed E-state index contributed by atoms with van der Waals surface area (Å²) in [5, 5.41) is 5.90. The van der Waals surface area contributed by atoms with Gasteiger partial charge in [-0.15, -0.1) is 0 Å². The van der Waals surface area contributed by atoms with Crippen molar-refractivity contribution in [1.29, 1.82) is 0 Å². The molecule has 0 aliphatic carbocycles. The molecule has 0 fully saturated rings. The number of thiocarbonyl (C=S) groups is 1. The third kappa shape index (κ3) is 4.33. The number of hydrogen-bond donors (Lipinski definition) is 2. The standard InChI is InChI=1S/C13H18N2O2S/c1-4-17-11-8-6-5-7-10(11)12(16)15-13(18)14-9(2)3/h5-9H,4H2,1-3H3,(H2,14,15,16,18). The minimum atomic E-state index is -0.266. The number of amides is 1. The molecule has 18 heavy (non-hydrogen) atoms. The van der Waals surface area contributed by atoms with Crippen LogP contribution in [0.15, 0.2) is 24.3 Å². The van der Waals surface area contributed by atoms with Crippen LogP contribution in [0, 0.1) is 0 Å². The van der Waals surface area contributed by atoms with Gasteiger partial charge in [-0.05, 0) is 45.1 Å². The second kappa shape index (κ2) is 6.96. The van der Waals surface area contributed by atoms with Gasteiger partial charge in [-0.25, -0.2) is 0 Å². The molecule has 4 nitrogen and oxygen atoms in total. The van der Waals surface area contributed by atoms with Crippen LogP contribution in [-0.2, 0) is 0 Å². The van der Waals surface area contributed by atoms with Crippen LogP contribution in [0.2, 0.25) is 0 Å². The van der Waals surface area contributed by atoms with E-state index in [1.54, 1.807) is 18.2 Å². The summed E-state index contributed by atoms with van der Waals surface area (Å²) in [5.74, 6) is 0.294. The Kier molecular flexibility index (Phi) is 5.58. The molecule has 1 aromatic rings. The molecule has 0 aliphatic rings. The predicted molar refractivity (Wildman–Crippen MR) is 75.9 cm³/mol. The fraction of sp³-hybridized carbons (Fsp3) is 0.385. The van der Waals surface area contributed by atoms with Gasteiger partial charge in [-0.2, -0.15) is 0 Å². The fourth-order valence-corrected chi connectivity index (χ4v) is 1.73. The maximum atomic E-state index is 12.0. The summed E-state index contributed by atoms with van der Waals surface area (Å²) < 4.78 is 5.40. The molecule has 5 heteroatoms. The molecule has 0 aromatic heterocycles. The Balaban J connectivity index is 2.75. The first-order valence-corrected chi connectivity index (χ1v) is 6.29. The lowest BCUT2D eigenvalue weighted by Gasteiger charge is -2.13. The number of benzene rings is 1. The molecule has 0 radical (unpaired) electrons. The molecule has 1 rings (SSSR count). The summed E-state index contributed by atoms with van der Waals surface area (Å²) >= 11 is 5.03. The van der Waals surface area contributed by atoms with Crippen molar-refractivity contribution in [3.05, 3.63) is 29.8 Å². The Morgan fingerprint density at radius 1 is 1.39 bits per heavy atom. The predicted octanol–water partition coefficient (Wildman–Crippen LogP) is 2.10. The number of carbonyl (C=O) groups is 1. The van der Waals surface area contributed by atoms with Crippen molar-refractivity contribution in [2.24, 2.45) is 0 Å². The summed E-state index contributed by atoms with van der Waals surface area (Å²) in [6, 6.07) is 7.26. The van der Waals surface area contributed by atoms with Crippen molar-refractivity contribution < 1.29 is 9.53 Å². The van der Waals surface area contributed by atoms with Crippen molar-refractivity contribution in [1.82, 2.24) is 10.6 Å². The largest absolute Gasteiger partial charge is 0.493 e. The Hall–Kier alpha value is -1.62. The Bertz CT molecular complexity index is 433. The minimum Gasteiger partial charge on any atom is -0.493 e. The SMILES string of the molecule is CCOc1ccccc1C(=O)NC(=S)NC(C)C. The minimum absolute atomic E-state index is 0.180. The van der Waals surface area contributed by atoms with E-state index < -0.39 is 0 Å². The van der Waals surface area contributed by atoms with E-state index in [0.29, 0.717) is 23.0 Å². The van der Waals surface area contributed by atoms with Gasteiger partial charge in [-0.3, -0.25) is 10.1 Å². The van der Waals surface area contributed by atoms with E-state index in [2.05, 4.69) is 10.6 Å². The van der Waals surface area contributed by atoms with Crippen molar-refractivity contribution in [3.8, 4) is 5.75 Å². The van der Waals surface area contributed by atoms with Crippen LogP contribution in [0.25, 0.3) is 0 Å². The average molecular weight is 266 g/mol. The molecule has 2 N–H and O–H groups in total. The lowest BCUT2D eigenvalue weighted by molar-refractivity contribution is 0.0973. The van der Waals surface area contributed by atoms with E-state index >= 15 is 0 Å². The van der Waals surface area contributed by atoms with Crippen LogP contribution in [0.3, 0.4) is 0 Å². The first-order valence-electron chi connectivity index (χ1n) is 5.88. The van der Waals surface area contributed by atoms with Crippen molar-refractivity contribution in [2.75, 3.05) is 6.61 Å². The molecule has 0 saturated heterocycles. The third-order valence-electron chi connectivity index (χ3n) is 2.08. The Morgan fingerprint density at radius 3 is 2.67 bits per heavy atom. The molecule has 1 amide bonds. The maximum absolute atomic E-state index is 12.0. The topological polar surface area (TPSA) is 50.4 Å². The van der Waals surface area contributed by atoms with Crippen LogP contribution in [0.4, 0.5) is 0 Å². The molecule has 0 heterocycles. The number of carbonyl (C=O) groups excluding carboxylic acids is 1. The maximum Gasteiger partial charge on any atom is 0.261 e. The molecule has 98 valence electrons. The van der Waals surface area contributed by atoms with Crippen molar-refractivity contribution >= 4 is 23.2 Å². The molecule has 0 atom stereocenters. The molecule has 0 spiro atoms. The van der Waals surface area contributed by atoms with Crippen molar-refractivity contribution in [3.63, 3.8) is 0 Å². The second-order valence-electron chi connectivity index (χ2n) is 4.01. The van der Waals surface area contributed by atoms with Crippen LogP contribution in [0.1, 0.15) is 31.1 Å². The lowest BCUT2D eigenvalue weighted by Crippen LogP contribution is -2.42. The van der Waals surface area contributed by atoms with E-state index in [1.807, 2.05) is 26.8 Å². The summed E-state index contributed by atoms with van der Waals surface area (Å²) in [6.07, 6.45) is 0. The zero-order chi connectivity index (χ0) is 13.5. The third-order valence-corrected chi connectivity index (χ3v) is 2.30. The van der Waals surface area contributed by atoms with E-state index in [-0.39, 0.29) is 11.9 Å². The van der Waals surface area contributed by atoms with Gasteiger partial charge in [0.25, 0.3) is 5.91 Å². The zero-order valence-electron chi connectivity index (χ0n) is 10.8. The van der Waals surface area contributed by atoms with Gasteiger partial charge in [-0.1, -0.05) is 12.1 Å². The van der Waals surface area contributed by atoms with Gasteiger partial charge in [0, 0.05) is 6.04 Å². The van der Waals surface area contributed by atoms with Crippen molar-refractivity contribution in [2.45, 2.75) is 26.8 Å². The molecule has 0 bridgehead atoms. The monoisotopic (exact) mass is 266 g/mol. The van der Waals surface area contributed by atoms with Gasteiger partial charge < -0.3 is 10.1 Å². The molecular formula is C13H18N2O2S. The number of rotatable bonds is 4. The molecule has 0 saturated carbocycles. The normalized spacial score (nSPS) is 10.0. The highest BCUT2D eigenvalue weighted by molar-refractivity contribution is 7.80. The van der Waals surface area contributed by atoms with Gasteiger partial charge >= 0.3 is 0 Å². The summed E-state index contributed by atoms with van der Waals surface area (Å²) in [7, 11) is 0. The molecular weight excluding hydrogens is 248 g/mol. The summed E-state index contributed by atoms with van der Waals surface area (Å²) in [4.78, 5) is 12.0. The first kappa shape index (κ1) is 14.4. The second-order valence-corrected chi connectivity index (χ2v) is 4.42. The first-order chi connectivity index (χ1) is 8.54. The van der Waals surface area contributed by atoms with Crippen LogP contribution < -0.4 is 15.4 Å². The summed E-state index contributed by atoms with van der Waals surface area (Å²) in [6.45, 7) is 6.29. The zero-order valence-corrected chi connectivity index (χ0v) is 11.6. The Labute approximate surface area is 113 Å². The highest BCUT2D eigenvalue weighted by Crippen LogP contribution is 2.17.